The molecule has 0 aromatic heterocycles. The molecule has 1 saturated heterocycles. The summed E-state index contributed by atoms with van der Waals surface area (Å²) < 4.78 is 9.22. The maximum atomic E-state index is 10.1. The van der Waals surface area contributed by atoms with Crippen molar-refractivity contribution in [2.75, 3.05) is 19.8 Å². The summed E-state index contributed by atoms with van der Waals surface area (Å²) in [7, 11) is 0. The first-order valence-corrected chi connectivity index (χ1v) is 3.68. The van der Waals surface area contributed by atoms with Crippen molar-refractivity contribution in [2.24, 2.45) is 0 Å². The van der Waals surface area contributed by atoms with Gasteiger partial charge in [0.15, 0.2) is 0 Å². The number of rotatable bonds is 1. The molecule has 0 aromatic rings. The van der Waals surface area contributed by atoms with E-state index in [-0.39, 0.29) is 12.6 Å². The van der Waals surface area contributed by atoms with Crippen LogP contribution < -0.4 is 0 Å². The number of aliphatic hydroxyl groups excluding tert-OH is 1. The number of cyclic esters (lactones) is 1. The molecule has 1 aliphatic rings. The number of hydrogen-bond donors (Lipinski definition) is 2. The van der Waals surface area contributed by atoms with Crippen LogP contribution in [0, 0.1) is 0 Å². The quantitative estimate of drug-likeness (QED) is 0.518. The topological polar surface area (TPSA) is 93.1 Å². The summed E-state index contributed by atoms with van der Waals surface area (Å²) in [5.41, 5.74) is 0. The van der Waals surface area contributed by atoms with E-state index in [9.17, 15) is 9.59 Å². The summed E-state index contributed by atoms with van der Waals surface area (Å²) in [6.45, 7) is 2.28. The molecule has 1 fully saturated rings. The second kappa shape index (κ2) is 6.38. The van der Waals surface area contributed by atoms with E-state index in [4.69, 9.17) is 14.9 Å². The van der Waals surface area contributed by atoms with Gasteiger partial charge in [-0.15, -0.1) is 0 Å². The third kappa shape index (κ3) is 7.23. The molecule has 0 amide bonds. The van der Waals surface area contributed by atoms with E-state index in [1.165, 1.54) is 6.92 Å². The molecule has 76 valence electrons. The number of carbonyl (C=O) groups excluding carboxylic acids is 1. The Morgan fingerprint density at radius 1 is 1.54 bits per heavy atom. The molecule has 0 bridgehead atoms. The standard InChI is InChI=1S/C4H6O3.C3H6O3/c5-4-3-6-1-2-7-4;1-2(4)3(5)6/h1-3H2;2,4H,1H3,(H,5,6)/t;2-/m.0/s1. The van der Waals surface area contributed by atoms with E-state index in [2.05, 4.69) is 4.74 Å². The van der Waals surface area contributed by atoms with Crippen LogP contribution in [0.5, 0.6) is 0 Å². The molecule has 0 saturated carbocycles. The van der Waals surface area contributed by atoms with Crippen LogP contribution in [0.4, 0.5) is 0 Å². The van der Waals surface area contributed by atoms with E-state index < -0.39 is 12.1 Å². The Labute approximate surface area is 75.1 Å². The van der Waals surface area contributed by atoms with Gasteiger partial charge in [-0.1, -0.05) is 0 Å². The Balaban J connectivity index is 0.000000226. The molecule has 1 heterocycles. The van der Waals surface area contributed by atoms with Crippen molar-refractivity contribution in [1.29, 1.82) is 0 Å². The van der Waals surface area contributed by atoms with Crippen molar-refractivity contribution in [3.63, 3.8) is 0 Å². The molecule has 1 atom stereocenters. The molecule has 1 rings (SSSR count). The number of aliphatic carboxylic acids is 1. The van der Waals surface area contributed by atoms with Crippen molar-refractivity contribution in [3.05, 3.63) is 0 Å². The number of ether oxygens (including phenoxy) is 2. The number of esters is 1. The summed E-state index contributed by atoms with van der Waals surface area (Å²) in [4.78, 5) is 19.6. The summed E-state index contributed by atoms with van der Waals surface area (Å²) >= 11 is 0. The van der Waals surface area contributed by atoms with Crippen LogP contribution in [0.1, 0.15) is 6.92 Å². The highest BCUT2D eigenvalue weighted by Crippen LogP contribution is 1.88. The summed E-state index contributed by atoms with van der Waals surface area (Å²) in [6, 6.07) is 0. The van der Waals surface area contributed by atoms with Gasteiger partial charge in [-0.2, -0.15) is 0 Å². The minimum Gasteiger partial charge on any atom is -0.479 e. The molecule has 6 heteroatoms. The van der Waals surface area contributed by atoms with Gasteiger partial charge < -0.3 is 19.7 Å². The zero-order valence-corrected chi connectivity index (χ0v) is 7.23. The Kier molecular flexibility index (Phi) is 5.82. The lowest BCUT2D eigenvalue weighted by molar-refractivity contribution is -0.159. The summed E-state index contributed by atoms with van der Waals surface area (Å²) in [6.07, 6.45) is -1.23. The fraction of sp³-hybridized carbons (Fsp3) is 0.714. The molecule has 0 unspecified atom stereocenters. The number of carboxylic acids is 1. The lowest BCUT2D eigenvalue weighted by atomic mass is 10.4. The molecule has 2 N–H and O–H groups in total. The van der Waals surface area contributed by atoms with Crippen LogP contribution in [0.3, 0.4) is 0 Å². The lowest BCUT2D eigenvalue weighted by Crippen LogP contribution is -2.22. The molecule has 1 aliphatic heterocycles. The van der Waals surface area contributed by atoms with Crippen LogP contribution in [0.2, 0.25) is 0 Å². The van der Waals surface area contributed by atoms with Crippen LogP contribution in [0.25, 0.3) is 0 Å². The fourth-order valence-corrected chi connectivity index (χ4v) is 0.412. The van der Waals surface area contributed by atoms with Crippen molar-refractivity contribution in [3.8, 4) is 0 Å². The van der Waals surface area contributed by atoms with E-state index in [1.54, 1.807) is 0 Å². The zero-order valence-electron chi connectivity index (χ0n) is 7.23. The highest BCUT2D eigenvalue weighted by Gasteiger charge is 2.06. The van der Waals surface area contributed by atoms with Gasteiger partial charge in [0.1, 0.15) is 19.3 Å². The van der Waals surface area contributed by atoms with Gasteiger partial charge in [0.25, 0.3) is 0 Å². The maximum absolute atomic E-state index is 10.1. The Morgan fingerprint density at radius 2 is 2.08 bits per heavy atom. The van der Waals surface area contributed by atoms with Crippen molar-refractivity contribution < 1.29 is 29.3 Å². The number of aliphatic hydroxyl groups is 1. The van der Waals surface area contributed by atoms with Gasteiger partial charge in [-0.25, -0.2) is 9.59 Å². The minimum atomic E-state index is -1.23. The second-order valence-corrected chi connectivity index (χ2v) is 2.29. The van der Waals surface area contributed by atoms with Crippen molar-refractivity contribution >= 4 is 11.9 Å². The number of hydrogen-bond acceptors (Lipinski definition) is 5. The monoisotopic (exact) mass is 192 g/mol. The van der Waals surface area contributed by atoms with Gasteiger partial charge in [0.2, 0.25) is 0 Å². The first kappa shape index (κ1) is 11.9. The van der Waals surface area contributed by atoms with Crippen LogP contribution in [-0.2, 0) is 19.1 Å². The van der Waals surface area contributed by atoms with Gasteiger partial charge in [0.05, 0.1) is 6.61 Å². The summed E-state index contributed by atoms with van der Waals surface area (Å²) in [5, 5.41) is 15.8. The molecule has 0 aliphatic carbocycles. The van der Waals surface area contributed by atoms with E-state index in [0.717, 1.165) is 0 Å². The van der Waals surface area contributed by atoms with Gasteiger partial charge in [-0.3, -0.25) is 0 Å². The molecule has 0 aromatic carbocycles. The van der Waals surface area contributed by atoms with Gasteiger partial charge in [-0.05, 0) is 6.92 Å². The molecule has 0 spiro atoms. The lowest BCUT2D eigenvalue weighted by Gasteiger charge is -2.09. The summed E-state index contributed by atoms with van der Waals surface area (Å²) in [5.74, 6) is -1.44. The van der Waals surface area contributed by atoms with Gasteiger partial charge in [0, 0.05) is 0 Å². The van der Waals surface area contributed by atoms with E-state index in [0.29, 0.717) is 13.2 Å². The SMILES string of the molecule is C[C@H](O)C(=O)O.O=C1COCCO1. The minimum absolute atomic E-state index is 0.125. The first-order chi connectivity index (χ1) is 6.04. The maximum Gasteiger partial charge on any atom is 0.332 e. The Bertz CT molecular complexity index is 168. The van der Waals surface area contributed by atoms with Gasteiger partial charge >= 0.3 is 11.9 Å². The van der Waals surface area contributed by atoms with E-state index >= 15 is 0 Å². The predicted octanol–water partition coefficient (Wildman–Crippen LogP) is -0.988. The Morgan fingerprint density at radius 3 is 2.23 bits per heavy atom. The Hall–Kier alpha value is -1.14. The molecular formula is C7H12O6. The van der Waals surface area contributed by atoms with Crippen molar-refractivity contribution in [2.45, 2.75) is 13.0 Å². The number of carbonyl (C=O) groups is 2. The third-order valence-corrected chi connectivity index (χ3v) is 1.07. The first-order valence-electron chi connectivity index (χ1n) is 3.68. The van der Waals surface area contributed by atoms with Crippen LogP contribution >= 0.6 is 0 Å². The third-order valence-electron chi connectivity index (χ3n) is 1.07. The van der Waals surface area contributed by atoms with Crippen molar-refractivity contribution in [1.82, 2.24) is 0 Å². The zero-order chi connectivity index (χ0) is 10.3. The second-order valence-electron chi connectivity index (χ2n) is 2.29. The largest absolute Gasteiger partial charge is 0.479 e. The predicted molar refractivity (Wildman–Crippen MR) is 41.1 cm³/mol. The van der Waals surface area contributed by atoms with E-state index in [1.807, 2.05) is 0 Å². The normalized spacial score (nSPS) is 17.8. The average Bonchev–Trinajstić information content (AvgIpc) is 2.06. The number of carboxylic acid groups (broad SMARTS) is 1. The van der Waals surface area contributed by atoms with Crippen LogP contribution in [0.15, 0.2) is 0 Å². The molecule has 13 heavy (non-hydrogen) atoms. The fourth-order valence-electron chi connectivity index (χ4n) is 0.412. The molecule has 0 radical (unpaired) electrons. The van der Waals surface area contributed by atoms with Crippen LogP contribution in [-0.4, -0.2) is 48.1 Å². The highest BCUT2D eigenvalue weighted by molar-refractivity contribution is 5.71. The molecular weight excluding hydrogens is 180 g/mol. The smallest absolute Gasteiger partial charge is 0.332 e. The highest BCUT2D eigenvalue weighted by atomic mass is 16.6. The molecule has 6 nitrogen and oxygen atoms in total. The average molecular weight is 192 g/mol.